The molecule has 1 fully saturated rings. The van der Waals surface area contributed by atoms with Crippen LogP contribution in [0.4, 0.5) is 17.1 Å². The van der Waals surface area contributed by atoms with E-state index in [-0.39, 0.29) is 11.7 Å². The number of piperazine rings is 1. The zero-order valence-electron chi connectivity index (χ0n) is 21.5. The Labute approximate surface area is 224 Å². The molecule has 3 N–H and O–H groups in total. The molecule has 3 aromatic carbocycles. The number of hydrogen-bond donors (Lipinski definition) is 3. The molecule has 2 aliphatic rings. The highest BCUT2D eigenvalue weighted by Crippen LogP contribution is 2.38. The number of carbonyl (C=O) groups is 1. The number of fused-ring (bicyclic) bond motifs is 1. The van der Waals surface area contributed by atoms with Gasteiger partial charge in [-0.2, -0.15) is 0 Å². The van der Waals surface area contributed by atoms with E-state index in [0.717, 1.165) is 44.0 Å². The molecule has 1 saturated heterocycles. The first kappa shape index (κ1) is 26.1. The summed E-state index contributed by atoms with van der Waals surface area (Å²) in [4.78, 5) is 20.7. The van der Waals surface area contributed by atoms with E-state index in [9.17, 15) is 13.2 Å². The molecule has 0 aliphatic carbocycles. The molecule has 8 nitrogen and oxygen atoms in total. The van der Waals surface area contributed by atoms with E-state index < -0.39 is 15.9 Å². The molecule has 5 rings (SSSR count). The first-order valence-electron chi connectivity index (χ1n) is 13.0. The van der Waals surface area contributed by atoms with Gasteiger partial charge >= 0.3 is 0 Å². The second kappa shape index (κ2) is 11.5. The average Bonchev–Trinajstić information content (AvgIpc) is 3.24. The van der Waals surface area contributed by atoms with Gasteiger partial charge in [0.05, 0.1) is 17.2 Å². The smallest absolute Gasteiger partial charge is 0.238 e. The lowest BCUT2D eigenvalue weighted by atomic mass is 9.90. The minimum absolute atomic E-state index is 0.0338. The van der Waals surface area contributed by atoms with Crippen LogP contribution in [-0.2, 0) is 21.4 Å². The second-order valence-electron chi connectivity index (χ2n) is 9.70. The Hall–Kier alpha value is -3.53. The molecule has 0 saturated carbocycles. The first-order chi connectivity index (χ1) is 18.4. The maximum absolute atomic E-state index is 13.3. The number of nitrogens with zero attached hydrogens (tertiary/aromatic N) is 2. The molecular formula is C29H33N5O3S. The van der Waals surface area contributed by atoms with Crippen molar-refractivity contribution in [2.45, 2.75) is 25.8 Å². The van der Waals surface area contributed by atoms with Crippen LogP contribution in [0.1, 0.15) is 36.0 Å². The number of amides is 1. The van der Waals surface area contributed by atoms with Crippen LogP contribution in [0.2, 0.25) is 0 Å². The number of rotatable bonds is 9. The van der Waals surface area contributed by atoms with Gasteiger partial charge in [0.25, 0.3) is 0 Å². The number of nitrogens with one attached hydrogen (secondary N) is 3. The fourth-order valence-electron chi connectivity index (χ4n) is 4.94. The average molecular weight is 532 g/mol. The maximum Gasteiger partial charge on any atom is 0.238 e. The van der Waals surface area contributed by atoms with Crippen molar-refractivity contribution in [3.05, 3.63) is 89.5 Å². The molecule has 9 heteroatoms. The summed E-state index contributed by atoms with van der Waals surface area (Å²) < 4.78 is 27.4. The van der Waals surface area contributed by atoms with Crippen LogP contribution < -0.4 is 15.4 Å². The standard InChI is InChI=1S/C29H33N5O3S/c1-2-18-38(36,37)33-24-12-13-26-25(19-24)27(29(35)32-26)28(22-6-4-3-5-7-22)31-23-10-8-21(9-11-23)20-34-16-14-30-15-17-34/h3-13,19,27,30,33H,2,14-18,20H2,1H3,(H,32,35). The summed E-state index contributed by atoms with van der Waals surface area (Å²) in [6.07, 6.45) is 0.516. The number of hydrogen-bond acceptors (Lipinski definition) is 6. The Morgan fingerprint density at radius 2 is 1.76 bits per heavy atom. The lowest BCUT2D eigenvalue weighted by Gasteiger charge is -2.27. The SMILES string of the molecule is CCCS(=O)(=O)Nc1ccc2c(c1)C(C(=Nc1ccc(CN3CCNCC3)cc1)c1ccccc1)C(=O)N2. The molecule has 0 aromatic heterocycles. The van der Waals surface area contributed by atoms with Crippen molar-refractivity contribution in [2.75, 3.05) is 42.0 Å². The van der Waals surface area contributed by atoms with Crippen LogP contribution in [0.25, 0.3) is 0 Å². The number of aliphatic imine (C=N–C) groups is 1. The van der Waals surface area contributed by atoms with Crippen molar-refractivity contribution in [1.82, 2.24) is 10.2 Å². The molecule has 0 radical (unpaired) electrons. The van der Waals surface area contributed by atoms with Crippen LogP contribution in [0, 0.1) is 0 Å². The monoisotopic (exact) mass is 531 g/mol. The molecule has 2 heterocycles. The molecule has 1 unspecified atom stereocenters. The molecule has 1 amide bonds. The summed E-state index contributed by atoms with van der Waals surface area (Å²) in [6.45, 7) is 6.80. The fourth-order valence-corrected chi connectivity index (χ4v) is 6.07. The minimum atomic E-state index is -3.46. The van der Waals surface area contributed by atoms with Crippen molar-refractivity contribution < 1.29 is 13.2 Å². The Morgan fingerprint density at radius 1 is 1.03 bits per heavy atom. The van der Waals surface area contributed by atoms with Crippen LogP contribution >= 0.6 is 0 Å². The zero-order chi connectivity index (χ0) is 26.5. The molecule has 3 aromatic rings. The summed E-state index contributed by atoms with van der Waals surface area (Å²) in [5.74, 6) is -0.832. The minimum Gasteiger partial charge on any atom is -0.325 e. The molecule has 0 bridgehead atoms. The van der Waals surface area contributed by atoms with Gasteiger partial charge in [-0.1, -0.05) is 49.4 Å². The van der Waals surface area contributed by atoms with E-state index in [2.05, 4.69) is 32.4 Å². The van der Waals surface area contributed by atoms with Gasteiger partial charge < -0.3 is 10.6 Å². The summed E-state index contributed by atoms with van der Waals surface area (Å²) in [7, 11) is -3.46. The summed E-state index contributed by atoms with van der Waals surface area (Å²) in [5, 5.41) is 6.32. The predicted octanol–water partition coefficient (Wildman–Crippen LogP) is 4.10. The van der Waals surface area contributed by atoms with Crippen molar-refractivity contribution in [3.8, 4) is 0 Å². The van der Waals surface area contributed by atoms with Crippen LogP contribution in [0.3, 0.4) is 0 Å². The molecule has 0 spiro atoms. The van der Waals surface area contributed by atoms with Gasteiger partial charge in [0.15, 0.2) is 0 Å². The van der Waals surface area contributed by atoms with Gasteiger partial charge in [-0.25, -0.2) is 8.42 Å². The predicted molar refractivity (Wildman–Crippen MR) is 153 cm³/mol. The van der Waals surface area contributed by atoms with E-state index in [1.165, 1.54) is 5.56 Å². The van der Waals surface area contributed by atoms with E-state index in [1.807, 2.05) is 49.4 Å². The largest absolute Gasteiger partial charge is 0.325 e. The van der Waals surface area contributed by atoms with E-state index in [4.69, 9.17) is 4.99 Å². The van der Waals surface area contributed by atoms with Crippen molar-refractivity contribution in [1.29, 1.82) is 0 Å². The van der Waals surface area contributed by atoms with E-state index in [1.54, 1.807) is 18.2 Å². The first-order valence-corrected chi connectivity index (χ1v) is 14.7. The normalized spacial score (nSPS) is 18.2. The van der Waals surface area contributed by atoms with Crippen molar-refractivity contribution >= 4 is 38.7 Å². The Morgan fingerprint density at radius 3 is 2.47 bits per heavy atom. The molecule has 2 aliphatic heterocycles. The van der Waals surface area contributed by atoms with Gasteiger partial charge in [0.2, 0.25) is 15.9 Å². The summed E-state index contributed by atoms with van der Waals surface area (Å²) >= 11 is 0. The quantitative estimate of drug-likeness (QED) is 0.361. The Kier molecular flexibility index (Phi) is 7.87. The lowest BCUT2D eigenvalue weighted by molar-refractivity contribution is -0.115. The lowest BCUT2D eigenvalue weighted by Crippen LogP contribution is -2.42. The third kappa shape index (κ3) is 6.12. The highest BCUT2D eigenvalue weighted by molar-refractivity contribution is 7.92. The van der Waals surface area contributed by atoms with Crippen molar-refractivity contribution in [3.63, 3.8) is 0 Å². The molecule has 1 atom stereocenters. The fraction of sp³-hybridized carbons (Fsp3) is 0.310. The van der Waals surface area contributed by atoms with Crippen LogP contribution in [-0.4, -0.2) is 56.9 Å². The van der Waals surface area contributed by atoms with Gasteiger partial charge in [0, 0.05) is 44.1 Å². The van der Waals surface area contributed by atoms with Gasteiger partial charge in [-0.3, -0.25) is 19.4 Å². The molecule has 198 valence electrons. The van der Waals surface area contributed by atoms with Gasteiger partial charge in [-0.05, 0) is 53.4 Å². The summed E-state index contributed by atoms with van der Waals surface area (Å²) in [6, 6.07) is 23.0. The second-order valence-corrected chi connectivity index (χ2v) is 11.5. The highest BCUT2D eigenvalue weighted by Gasteiger charge is 2.36. The number of benzene rings is 3. The van der Waals surface area contributed by atoms with Crippen LogP contribution in [0.5, 0.6) is 0 Å². The van der Waals surface area contributed by atoms with Crippen LogP contribution in [0.15, 0.2) is 77.8 Å². The topological polar surface area (TPSA) is 103 Å². The number of anilines is 2. The Bertz CT molecular complexity index is 1420. The van der Waals surface area contributed by atoms with Gasteiger partial charge in [-0.15, -0.1) is 0 Å². The maximum atomic E-state index is 13.3. The van der Waals surface area contributed by atoms with E-state index >= 15 is 0 Å². The highest BCUT2D eigenvalue weighted by atomic mass is 32.2. The number of sulfonamides is 1. The van der Waals surface area contributed by atoms with Crippen molar-refractivity contribution in [2.24, 2.45) is 4.99 Å². The zero-order valence-corrected chi connectivity index (χ0v) is 22.3. The molecular weight excluding hydrogens is 498 g/mol. The summed E-state index contributed by atoms with van der Waals surface area (Å²) in [5.41, 5.74) is 5.23. The third-order valence-electron chi connectivity index (χ3n) is 6.77. The number of carbonyl (C=O) groups excluding carboxylic acids is 1. The third-order valence-corrected chi connectivity index (χ3v) is 8.27. The Balaban J connectivity index is 1.48. The van der Waals surface area contributed by atoms with E-state index in [0.29, 0.717) is 29.1 Å². The molecule has 38 heavy (non-hydrogen) atoms. The van der Waals surface area contributed by atoms with Gasteiger partial charge in [0.1, 0.15) is 5.92 Å².